The van der Waals surface area contributed by atoms with Crippen LogP contribution >= 0.6 is 15.9 Å². The van der Waals surface area contributed by atoms with Gasteiger partial charge in [-0.15, -0.1) is 0 Å². The van der Waals surface area contributed by atoms with E-state index < -0.39 is 0 Å². The second-order valence-corrected chi connectivity index (χ2v) is 6.63. The van der Waals surface area contributed by atoms with Gasteiger partial charge in [-0.1, -0.05) is 58.7 Å². The van der Waals surface area contributed by atoms with Crippen LogP contribution in [0.2, 0.25) is 0 Å². The highest BCUT2D eigenvalue weighted by molar-refractivity contribution is 9.10. The molecule has 0 aliphatic heterocycles. The number of halogens is 1. The zero-order valence-electron chi connectivity index (χ0n) is 13.3. The van der Waals surface area contributed by atoms with Crippen molar-refractivity contribution >= 4 is 15.9 Å². The van der Waals surface area contributed by atoms with Crippen LogP contribution in [0.15, 0.2) is 40.9 Å². The molecule has 0 aromatic heterocycles. The van der Waals surface area contributed by atoms with Crippen LogP contribution in [0.5, 0.6) is 0 Å². The molecule has 0 aliphatic carbocycles. The van der Waals surface area contributed by atoms with Crippen LogP contribution in [0.3, 0.4) is 0 Å². The van der Waals surface area contributed by atoms with Crippen LogP contribution in [-0.4, -0.2) is 6.54 Å². The van der Waals surface area contributed by atoms with Crippen LogP contribution in [0, 0.1) is 20.8 Å². The largest absolute Gasteiger partial charge is 0.306 e. The van der Waals surface area contributed by atoms with Gasteiger partial charge in [0.2, 0.25) is 0 Å². The Hall–Kier alpha value is -1.12. The lowest BCUT2D eigenvalue weighted by Gasteiger charge is -2.23. The van der Waals surface area contributed by atoms with Crippen LogP contribution in [0.25, 0.3) is 0 Å². The molecule has 0 aliphatic rings. The summed E-state index contributed by atoms with van der Waals surface area (Å²) in [7, 11) is 0. The summed E-state index contributed by atoms with van der Waals surface area (Å²) in [5.41, 5.74) is 6.60. The Bertz CT molecular complexity index is 619. The predicted octanol–water partition coefficient (Wildman–Crippen LogP) is 5.46. The van der Waals surface area contributed by atoms with Crippen molar-refractivity contribution in [3.05, 3.63) is 68.7 Å². The molecule has 21 heavy (non-hydrogen) atoms. The number of benzene rings is 2. The summed E-state index contributed by atoms with van der Waals surface area (Å²) < 4.78 is 1.18. The summed E-state index contributed by atoms with van der Waals surface area (Å²) in [6, 6.07) is 13.5. The minimum absolute atomic E-state index is 0.236. The fourth-order valence-electron chi connectivity index (χ4n) is 2.61. The third-order valence-corrected chi connectivity index (χ3v) is 4.50. The smallest absolute Gasteiger partial charge is 0.0590 e. The van der Waals surface area contributed by atoms with E-state index in [0.29, 0.717) is 0 Å². The minimum atomic E-state index is 0.236. The summed E-state index contributed by atoms with van der Waals surface area (Å²) >= 11 is 3.74. The predicted molar refractivity (Wildman–Crippen MR) is 94.9 cm³/mol. The Morgan fingerprint density at radius 3 is 2.29 bits per heavy atom. The van der Waals surface area contributed by atoms with E-state index >= 15 is 0 Å². The number of nitrogens with one attached hydrogen (secondary N) is 1. The summed E-state index contributed by atoms with van der Waals surface area (Å²) in [6.07, 6.45) is 1.13. The molecule has 0 saturated carbocycles. The van der Waals surface area contributed by atoms with Crippen LogP contribution < -0.4 is 5.32 Å². The molecule has 1 N–H and O–H groups in total. The molecule has 0 radical (unpaired) electrons. The maximum Gasteiger partial charge on any atom is 0.0590 e. The molecule has 0 amide bonds. The van der Waals surface area contributed by atoms with Crippen LogP contribution in [0.4, 0.5) is 0 Å². The van der Waals surface area contributed by atoms with Gasteiger partial charge in [0.15, 0.2) is 0 Å². The molecule has 2 aromatic carbocycles. The summed E-state index contributed by atoms with van der Waals surface area (Å²) in [6.45, 7) is 9.69. The van der Waals surface area contributed by atoms with E-state index in [-0.39, 0.29) is 6.04 Å². The molecule has 0 fully saturated rings. The lowest BCUT2D eigenvalue weighted by atomic mass is 9.93. The van der Waals surface area contributed by atoms with Gasteiger partial charge >= 0.3 is 0 Å². The van der Waals surface area contributed by atoms with E-state index in [9.17, 15) is 0 Å². The van der Waals surface area contributed by atoms with Gasteiger partial charge in [0.1, 0.15) is 0 Å². The van der Waals surface area contributed by atoms with Gasteiger partial charge in [-0.05, 0) is 62.1 Å². The molecule has 2 rings (SSSR count). The normalized spacial score (nSPS) is 12.4. The molecule has 2 aromatic rings. The first-order valence-corrected chi connectivity index (χ1v) is 8.38. The molecule has 2 heteroatoms. The Morgan fingerprint density at radius 2 is 1.62 bits per heavy atom. The molecular formula is C19H24BrN. The minimum Gasteiger partial charge on any atom is -0.306 e. The van der Waals surface area contributed by atoms with Gasteiger partial charge < -0.3 is 5.32 Å². The lowest BCUT2D eigenvalue weighted by molar-refractivity contribution is 0.594. The molecule has 112 valence electrons. The van der Waals surface area contributed by atoms with E-state index in [0.717, 1.165) is 13.0 Å². The van der Waals surface area contributed by atoms with Gasteiger partial charge in [-0.2, -0.15) is 0 Å². The van der Waals surface area contributed by atoms with Crippen LogP contribution in [-0.2, 0) is 0 Å². The zero-order valence-corrected chi connectivity index (χ0v) is 14.9. The molecule has 0 saturated heterocycles. The molecule has 0 bridgehead atoms. The van der Waals surface area contributed by atoms with Gasteiger partial charge in [0.25, 0.3) is 0 Å². The molecule has 0 heterocycles. The van der Waals surface area contributed by atoms with E-state index in [1.807, 2.05) is 0 Å². The Balaban J connectivity index is 2.49. The number of rotatable bonds is 5. The standard InChI is InChI=1S/C19H24BrN/c1-5-10-21-19(16-9-7-14(3)12-18(16)20)17-11-13(2)6-8-15(17)4/h6-9,11-12,19,21H,5,10H2,1-4H3. The third kappa shape index (κ3) is 3.96. The Kier molecular flexibility index (Phi) is 5.60. The second-order valence-electron chi connectivity index (χ2n) is 5.77. The first-order chi connectivity index (χ1) is 10.0. The van der Waals surface area contributed by atoms with Crippen molar-refractivity contribution in [1.82, 2.24) is 5.32 Å². The van der Waals surface area contributed by atoms with E-state index in [4.69, 9.17) is 0 Å². The van der Waals surface area contributed by atoms with Crippen molar-refractivity contribution in [1.29, 1.82) is 0 Å². The summed E-state index contributed by atoms with van der Waals surface area (Å²) in [4.78, 5) is 0. The number of hydrogen-bond acceptors (Lipinski definition) is 1. The second kappa shape index (κ2) is 7.24. The maximum atomic E-state index is 3.74. The van der Waals surface area contributed by atoms with Gasteiger partial charge in [-0.25, -0.2) is 0 Å². The quantitative estimate of drug-likeness (QED) is 0.758. The highest BCUT2D eigenvalue weighted by Crippen LogP contribution is 2.31. The van der Waals surface area contributed by atoms with E-state index in [1.54, 1.807) is 0 Å². The highest BCUT2D eigenvalue weighted by Gasteiger charge is 2.18. The Morgan fingerprint density at radius 1 is 0.952 bits per heavy atom. The first-order valence-electron chi connectivity index (χ1n) is 7.59. The molecule has 1 atom stereocenters. The van der Waals surface area contributed by atoms with Crippen molar-refractivity contribution in [2.45, 2.75) is 40.2 Å². The average Bonchev–Trinajstić information content (AvgIpc) is 2.44. The lowest BCUT2D eigenvalue weighted by Crippen LogP contribution is -2.24. The monoisotopic (exact) mass is 345 g/mol. The zero-order chi connectivity index (χ0) is 15.4. The Labute approximate surface area is 136 Å². The molecular weight excluding hydrogens is 322 g/mol. The van der Waals surface area contributed by atoms with Crippen molar-refractivity contribution in [3.8, 4) is 0 Å². The fourth-order valence-corrected chi connectivity index (χ4v) is 3.34. The van der Waals surface area contributed by atoms with Gasteiger partial charge in [0.05, 0.1) is 6.04 Å². The van der Waals surface area contributed by atoms with Crippen molar-refractivity contribution in [2.75, 3.05) is 6.54 Å². The fraction of sp³-hybridized carbons (Fsp3) is 0.368. The highest BCUT2D eigenvalue weighted by atomic mass is 79.9. The van der Waals surface area contributed by atoms with Crippen molar-refractivity contribution in [2.24, 2.45) is 0 Å². The van der Waals surface area contributed by atoms with Gasteiger partial charge in [0, 0.05) is 4.47 Å². The van der Waals surface area contributed by atoms with Crippen molar-refractivity contribution in [3.63, 3.8) is 0 Å². The molecule has 1 nitrogen and oxygen atoms in total. The van der Waals surface area contributed by atoms with E-state index in [1.165, 1.54) is 32.3 Å². The number of aryl methyl sites for hydroxylation is 3. The van der Waals surface area contributed by atoms with Crippen molar-refractivity contribution < 1.29 is 0 Å². The summed E-state index contributed by atoms with van der Waals surface area (Å²) in [5.74, 6) is 0. The number of hydrogen-bond donors (Lipinski definition) is 1. The molecule has 0 spiro atoms. The average molecular weight is 346 g/mol. The van der Waals surface area contributed by atoms with Crippen LogP contribution in [0.1, 0.15) is 47.2 Å². The van der Waals surface area contributed by atoms with E-state index in [2.05, 4.69) is 85.3 Å². The summed E-state index contributed by atoms with van der Waals surface area (Å²) in [5, 5.41) is 3.70. The topological polar surface area (TPSA) is 12.0 Å². The SMILES string of the molecule is CCCNC(c1cc(C)ccc1C)c1ccc(C)cc1Br. The molecule has 1 unspecified atom stereocenters. The maximum absolute atomic E-state index is 3.74. The third-order valence-electron chi connectivity index (χ3n) is 3.81. The first kappa shape index (κ1) is 16.3. The van der Waals surface area contributed by atoms with Gasteiger partial charge in [-0.3, -0.25) is 0 Å².